The van der Waals surface area contributed by atoms with Crippen LogP contribution in [-0.2, 0) is 12.8 Å². The summed E-state index contributed by atoms with van der Waals surface area (Å²) >= 11 is 0. The molecule has 82 valence electrons. The van der Waals surface area contributed by atoms with E-state index >= 15 is 0 Å². The highest BCUT2D eigenvalue weighted by molar-refractivity contribution is 5.85. The summed E-state index contributed by atoms with van der Waals surface area (Å²) in [6.07, 6.45) is 3.03. The molecular formula is C11H14ClNO2. The Morgan fingerprint density at radius 2 is 2.13 bits per heavy atom. The minimum absolute atomic E-state index is 0. The average molecular weight is 228 g/mol. The Hall–Kier alpha value is -0.930. The highest BCUT2D eigenvalue weighted by Gasteiger charge is 2.24. The van der Waals surface area contributed by atoms with E-state index in [0.717, 1.165) is 30.8 Å². The normalized spacial score (nSPS) is 21.8. The van der Waals surface area contributed by atoms with E-state index in [-0.39, 0.29) is 12.4 Å². The van der Waals surface area contributed by atoms with Crippen LogP contribution in [-0.4, -0.2) is 12.8 Å². The van der Waals surface area contributed by atoms with Gasteiger partial charge in [0.25, 0.3) is 0 Å². The molecule has 3 nitrogen and oxygen atoms in total. The molecule has 2 N–H and O–H groups in total. The van der Waals surface area contributed by atoms with E-state index in [1.54, 1.807) is 0 Å². The molecule has 0 fully saturated rings. The molecular weight excluding hydrogens is 214 g/mol. The summed E-state index contributed by atoms with van der Waals surface area (Å²) in [5, 5.41) is 0. The minimum Gasteiger partial charge on any atom is -0.454 e. The summed E-state index contributed by atoms with van der Waals surface area (Å²) in [6, 6.07) is 4.41. The van der Waals surface area contributed by atoms with Crippen LogP contribution in [0.15, 0.2) is 12.1 Å². The van der Waals surface area contributed by atoms with Crippen LogP contribution in [0.4, 0.5) is 0 Å². The molecule has 2 aliphatic rings. The van der Waals surface area contributed by atoms with Gasteiger partial charge in [0.05, 0.1) is 0 Å². The second-order valence-electron chi connectivity index (χ2n) is 3.94. The van der Waals surface area contributed by atoms with E-state index in [1.807, 2.05) is 6.07 Å². The van der Waals surface area contributed by atoms with E-state index in [9.17, 15) is 0 Å². The van der Waals surface area contributed by atoms with Crippen LogP contribution >= 0.6 is 12.4 Å². The van der Waals surface area contributed by atoms with E-state index in [4.69, 9.17) is 15.2 Å². The molecule has 1 aromatic rings. The van der Waals surface area contributed by atoms with E-state index in [1.165, 1.54) is 11.1 Å². The number of hydrogen-bond acceptors (Lipinski definition) is 3. The van der Waals surface area contributed by atoms with Gasteiger partial charge in [0.15, 0.2) is 11.5 Å². The van der Waals surface area contributed by atoms with Gasteiger partial charge in [0.2, 0.25) is 6.79 Å². The smallest absolute Gasteiger partial charge is 0.231 e. The molecule has 4 heteroatoms. The Balaban J connectivity index is 0.000000853. The van der Waals surface area contributed by atoms with Crippen molar-refractivity contribution in [3.05, 3.63) is 23.3 Å². The lowest BCUT2D eigenvalue weighted by Gasteiger charge is -2.22. The molecule has 0 saturated carbocycles. The third kappa shape index (κ3) is 1.66. The third-order valence-corrected chi connectivity index (χ3v) is 2.99. The minimum atomic E-state index is 0. The summed E-state index contributed by atoms with van der Waals surface area (Å²) in [5.74, 6) is 1.84. The first-order valence-electron chi connectivity index (χ1n) is 5.00. The molecule has 1 aliphatic carbocycles. The molecule has 15 heavy (non-hydrogen) atoms. The SMILES string of the molecule is Cl.NC1CCc2c(ccc3c2OCO3)C1. The molecule has 1 atom stereocenters. The number of halogens is 1. The quantitative estimate of drug-likeness (QED) is 0.733. The molecule has 1 heterocycles. The molecule has 0 spiro atoms. The van der Waals surface area contributed by atoms with Crippen molar-refractivity contribution in [2.45, 2.75) is 25.3 Å². The van der Waals surface area contributed by atoms with Crippen molar-refractivity contribution in [1.82, 2.24) is 0 Å². The van der Waals surface area contributed by atoms with Gasteiger partial charge in [-0.3, -0.25) is 0 Å². The Bertz CT molecular complexity index is 381. The molecule has 0 saturated heterocycles. The fraction of sp³-hybridized carbons (Fsp3) is 0.455. The summed E-state index contributed by atoms with van der Waals surface area (Å²) in [6.45, 7) is 0.359. The fourth-order valence-corrected chi connectivity index (χ4v) is 2.25. The van der Waals surface area contributed by atoms with Crippen LogP contribution < -0.4 is 15.2 Å². The number of benzene rings is 1. The summed E-state index contributed by atoms with van der Waals surface area (Å²) in [5.41, 5.74) is 8.56. The van der Waals surface area contributed by atoms with Crippen molar-refractivity contribution in [2.75, 3.05) is 6.79 Å². The van der Waals surface area contributed by atoms with Crippen LogP contribution in [0.25, 0.3) is 0 Å². The molecule has 1 unspecified atom stereocenters. The second kappa shape index (κ2) is 3.91. The molecule has 0 radical (unpaired) electrons. The zero-order valence-corrected chi connectivity index (χ0v) is 9.18. The zero-order valence-electron chi connectivity index (χ0n) is 8.36. The average Bonchev–Trinajstić information content (AvgIpc) is 2.65. The fourth-order valence-electron chi connectivity index (χ4n) is 2.25. The molecule has 0 bridgehead atoms. The van der Waals surface area contributed by atoms with Crippen molar-refractivity contribution >= 4 is 12.4 Å². The number of ether oxygens (including phenoxy) is 2. The van der Waals surface area contributed by atoms with Gasteiger partial charge >= 0.3 is 0 Å². The predicted molar refractivity (Wildman–Crippen MR) is 59.8 cm³/mol. The molecule has 1 aromatic carbocycles. The highest BCUT2D eigenvalue weighted by atomic mass is 35.5. The number of fused-ring (bicyclic) bond motifs is 3. The van der Waals surface area contributed by atoms with E-state index < -0.39 is 0 Å². The first kappa shape index (κ1) is 10.6. The number of nitrogens with two attached hydrogens (primary N) is 1. The van der Waals surface area contributed by atoms with E-state index in [0.29, 0.717) is 12.8 Å². The van der Waals surface area contributed by atoms with Crippen molar-refractivity contribution in [3.8, 4) is 11.5 Å². The van der Waals surface area contributed by atoms with Gasteiger partial charge < -0.3 is 15.2 Å². The van der Waals surface area contributed by atoms with Crippen LogP contribution in [0.2, 0.25) is 0 Å². The number of rotatable bonds is 0. The van der Waals surface area contributed by atoms with Crippen LogP contribution in [0, 0.1) is 0 Å². The molecule has 1 aliphatic heterocycles. The molecule has 3 rings (SSSR count). The monoisotopic (exact) mass is 227 g/mol. The van der Waals surface area contributed by atoms with Crippen molar-refractivity contribution < 1.29 is 9.47 Å². The lowest BCUT2D eigenvalue weighted by Crippen LogP contribution is -2.27. The van der Waals surface area contributed by atoms with Gasteiger partial charge in [-0.25, -0.2) is 0 Å². The Kier molecular flexibility index (Phi) is 2.76. The van der Waals surface area contributed by atoms with Gasteiger partial charge in [-0.05, 0) is 30.9 Å². The lowest BCUT2D eigenvalue weighted by atomic mass is 9.88. The lowest BCUT2D eigenvalue weighted by molar-refractivity contribution is 0.173. The third-order valence-electron chi connectivity index (χ3n) is 2.99. The summed E-state index contributed by atoms with van der Waals surface area (Å²) in [4.78, 5) is 0. The highest BCUT2D eigenvalue weighted by Crippen LogP contribution is 2.40. The van der Waals surface area contributed by atoms with Crippen molar-refractivity contribution in [3.63, 3.8) is 0 Å². The number of hydrogen-bond donors (Lipinski definition) is 1. The Labute approximate surface area is 95.0 Å². The summed E-state index contributed by atoms with van der Waals surface area (Å²) < 4.78 is 10.8. The summed E-state index contributed by atoms with van der Waals surface area (Å²) in [7, 11) is 0. The van der Waals surface area contributed by atoms with Crippen molar-refractivity contribution in [2.24, 2.45) is 5.73 Å². The van der Waals surface area contributed by atoms with Crippen LogP contribution in [0.3, 0.4) is 0 Å². The maximum absolute atomic E-state index is 5.92. The van der Waals surface area contributed by atoms with Crippen LogP contribution in [0.1, 0.15) is 17.5 Å². The maximum atomic E-state index is 5.92. The first-order valence-corrected chi connectivity index (χ1v) is 5.00. The van der Waals surface area contributed by atoms with E-state index in [2.05, 4.69) is 6.07 Å². The zero-order chi connectivity index (χ0) is 9.54. The largest absolute Gasteiger partial charge is 0.454 e. The topological polar surface area (TPSA) is 44.5 Å². The standard InChI is InChI=1S/C11H13NO2.ClH/c12-8-2-3-9-7(5-8)1-4-10-11(9)14-6-13-10;/h1,4,8H,2-3,5-6,12H2;1H. The van der Waals surface area contributed by atoms with Crippen LogP contribution in [0.5, 0.6) is 11.5 Å². The Morgan fingerprint density at radius 3 is 3.00 bits per heavy atom. The van der Waals surface area contributed by atoms with Gasteiger partial charge in [-0.15, -0.1) is 12.4 Å². The van der Waals surface area contributed by atoms with Gasteiger partial charge in [-0.1, -0.05) is 6.07 Å². The first-order chi connectivity index (χ1) is 6.84. The van der Waals surface area contributed by atoms with Gasteiger partial charge in [-0.2, -0.15) is 0 Å². The predicted octanol–water partition coefficient (Wildman–Crippen LogP) is 1.65. The molecule has 0 amide bonds. The molecule has 0 aromatic heterocycles. The van der Waals surface area contributed by atoms with Gasteiger partial charge in [0, 0.05) is 11.6 Å². The second-order valence-corrected chi connectivity index (χ2v) is 3.94. The maximum Gasteiger partial charge on any atom is 0.231 e. The Morgan fingerprint density at radius 1 is 1.27 bits per heavy atom. The van der Waals surface area contributed by atoms with Gasteiger partial charge in [0.1, 0.15) is 0 Å². The van der Waals surface area contributed by atoms with Crippen molar-refractivity contribution in [1.29, 1.82) is 0 Å².